The number of amides is 1. The van der Waals surface area contributed by atoms with Crippen molar-refractivity contribution in [1.29, 1.82) is 0 Å². The van der Waals surface area contributed by atoms with Crippen molar-refractivity contribution in [2.24, 2.45) is 5.84 Å². The first-order valence-corrected chi connectivity index (χ1v) is 6.88. The summed E-state index contributed by atoms with van der Waals surface area (Å²) < 4.78 is 1.59. The maximum atomic E-state index is 12.1. The summed E-state index contributed by atoms with van der Waals surface area (Å²) in [5.74, 6) is 5.47. The van der Waals surface area contributed by atoms with E-state index in [0.717, 1.165) is 8.95 Å². The van der Waals surface area contributed by atoms with Crippen LogP contribution in [0.25, 0.3) is 0 Å². The molecule has 7 heteroatoms. The predicted octanol–water partition coefficient (Wildman–Crippen LogP) is 3.14. The third kappa shape index (κ3) is 3.31. The molecule has 1 heterocycles. The molecule has 19 heavy (non-hydrogen) atoms. The largest absolute Gasteiger partial charge is 0.320 e. The Kier molecular flexibility index (Phi) is 4.52. The number of nitrogen functional groups attached to an aromatic ring is 1. The number of nitrogens with two attached hydrogens (primary N) is 1. The predicted molar refractivity (Wildman–Crippen MR) is 81.8 cm³/mol. The first kappa shape index (κ1) is 14.0. The molecule has 0 unspecified atom stereocenters. The van der Waals surface area contributed by atoms with E-state index in [1.807, 2.05) is 18.2 Å². The number of carbonyl (C=O) groups is 1. The van der Waals surface area contributed by atoms with Crippen LogP contribution in [0.2, 0.25) is 0 Å². The van der Waals surface area contributed by atoms with Gasteiger partial charge in [0.2, 0.25) is 0 Å². The molecule has 0 radical (unpaired) electrons. The number of aromatic nitrogens is 1. The average molecular weight is 386 g/mol. The van der Waals surface area contributed by atoms with Gasteiger partial charge in [0.05, 0.1) is 11.3 Å². The minimum absolute atomic E-state index is 0.247. The molecule has 1 amide bonds. The molecule has 1 aromatic heterocycles. The van der Waals surface area contributed by atoms with Crippen LogP contribution in [0.5, 0.6) is 0 Å². The average Bonchev–Trinajstić information content (AvgIpc) is 2.43. The van der Waals surface area contributed by atoms with Crippen LogP contribution in [0.15, 0.2) is 45.5 Å². The van der Waals surface area contributed by atoms with Gasteiger partial charge in [0.1, 0.15) is 5.82 Å². The molecule has 2 rings (SSSR count). The SMILES string of the molecule is NNc1ccc(C(=O)Nc2c(Br)cccc2Br)cn1. The maximum Gasteiger partial charge on any atom is 0.257 e. The van der Waals surface area contributed by atoms with E-state index in [4.69, 9.17) is 5.84 Å². The van der Waals surface area contributed by atoms with Gasteiger partial charge in [0.25, 0.3) is 5.91 Å². The van der Waals surface area contributed by atoms with Crippen molar-refractivity contribution in [1.82, 2.24) is 4.98 Å². The Balaban J connectivity index is 2.20. The standard InChI is InChI=1S/C12H10Br2N4O/c13-8-2-1-3-9(14)11(8)17-12(19)7-4-5-10(18-15)16-6-7/h1-6H,15H2,(H,16,18)(H,17,19). The Hall–Kier alpha value is -1.44. The second-order valence-corrected chi connectivity index (χ2v) is 5.34. The van der Waals surface area contributed by atoms with Crippen molar-refractivity contribution in [3.63, 3.8) is 0 Å². The highest BCUT2D eigenvalue weighted by Crippen LogP contribution is 2.30. The van der Waals surface area contributed by atoms with Crippen LogP contribution >= 0.6 is 31.9 Å². The third-order valence-electron chi connectivity index (χ3n) is 2.37. The number of anilines is 2. The molecule has 98 valence electrons. The normalized spacial score (nSPS) is 10.1. The fourth-order valence-electron chi connectivity index (χ4n) is 1.42. The number of hydrogen-bond acceptors (Lipinski definition) is 4. The Bertz CT molecular complexity index is 581. The van der Waals surface area contributed by atoms with Gasteiger partial charge in [-0.25, -0.2) is 10.8 Å². The van der Waals surface area contributed by atoms with Gasteiger partial charge in [-0.15, -0.1) is 0 Å². The summed E-state index contributed by atoms with van der Waals surface area (Å²) >= 11 is 6.77. The summed E-state index contributed by atoms with van der Waals surface area (Å²) in [5, 5.41) is 2.81. The summed E-state index contributed by atoms with van der Waals surface area (Å²) in [6.07, 6.45) is 1.45. The van der Waals surface area contributed by atoms with Gasteiger partial charge in [0.15, 0.2) is 0 Å². The van der Waals surface area contributed by atoms with Gasteiger partial charge >= 0.3 is 0 Å². The summed E-state index contributed by atoms with van der Waals surface area (Å²) in [5.41, 5.74) is 3.52. The number of benzene rings is 1. The van der Waals surface area contributed by atoms with Gasteiger partial charge in [-0.3, -0.25) is 4.79 Å². The van der Waals surface area contributed by atoms with Gasteiger partial charge in [0, 0.05) is 15.1 Å². The van der Waals surface area contributed by atoms with E-state index in [1.165, 1.54) is 6.20 Å². The zero-order valence-electron chi connectivity index (χ0n) is 9.65. The van der Waals surface area contributed by atoms with Crippen LogP contribution in [0.4, 0.5) is 11.5 Å². The quantitative estimate of drug-likeness (QED) is 0.560. The third-order valence-corrected chi connectivity index (χ3v) is 3.70. The van der Waals surface area contributed by atoms with Gasteiger partial charge in [-0.05, 0) is 56.1 Å². The summed E-state index contributed by atoms with van der Waals surface area (Å²) in [7, 11) is 0. The van der Waals surface area contributed by atoms with Crippen LogP contribution in [0.3, 0.4) is 0 Å². The number of rotatable bonds is 3. The van der Waals surface area contributed by atoms with Crippen molar-refractivity contribution < 1.29 is 4.79 Å². The Morgan fingerprint density at radius 3 is 2.37 bits per heavy atom. The highest BCUT2D eigenvalue weighted by atomic mass is 79.9. The Morgan fingerprint density at radius 2 is 1.84 bits per heavy atom. The molecule has 0 atom stereocenters. The van der Waals surface area contributed by atoms with E-state index in [1.54, 1.807) is 12.1 Å². The number of nitrogens with one attached hydrogen (secondary N) is 2. The Morgan fingerprint density at radius 1 is 1.16 bits per heavy atom. The first-order valence-electron chi connectivity index (χ1n) is 5.30. The number of carbonyl (C=O) groups excluding carboxylic acids is 1. The van der Waals surface area contributed by atoms with Crippen molar-refractivity contribution in [3.05, 3.63) is 51.0 Å². The molecule has 0 fully saturated rings. The van der Waals surface area contributed by atoms with E-state index in [-0.39, 0.29) is 5.91 Å². The smallest absolute Gasteiger partial charge is 0.257 e. The molecule has 0 bridgehead atoms. The van der Waals surface area contributed by atoms with Crippen LogP contribution in [-0.2, 0) is 0 Å². The summed E-state index contributed by atoms with van der Waals surface area (Å²) in [4.78, 5) is 16.1. The highest BCUT2D eigenvalue weighted by Gasteiger charge is 2.11. The lowest BCUT2D eigenvalue weighted by Gasteiger charge is -2.09. The van der Waals surface area contributed by atoms with Crippen molar-refractivity contribution in [2.45, 2.75) is 0 Å². The van der Waals surface area contributed by atoms with Gasteiger partial charge < -0.3 is 10.7 Å². The summed E-state index contributed by atoms with van der Waals surface area (Å²) in [6, 6.07) is 8.83. The zero-order valence-corrected chi connectivity index (χ0v) is 12.8. The molecule has 1 aromatic carbocycles. The van der Waals surface area contributed by atoms with Crippen LogP contribution in [0.1, 0.15) is 10.4 Å². The zero-order chi connectivity index (χ0) is 13.8. The Labute approximate surface area is 126 Å². The molecule has 4 N–H and O–H groups in total. The lowest BCUT2D eigenvalue weighted by Crippen LogP contribution is -2.14. The fraction of sp³-hybridized carbons (Fsp3) is 0. The second kappa shape index (κ2) is 6.14. The molecule has 0 spiro atoms. The minimum Gasteiger partial charge on any atom is -0.320 e. The number of hydrogen-bond donors (Lipinski definition) is 3. The van der Waals surface area contributed by atoms with Crippen LogP contribution in [-0.4, -0.2) is 10.9 Å². The topological polar surface area (TPSA) is 80.0 Å². The lowest BCUT2D eigenvalue weighted by atomic mass is 10.2. The molecule has 2 aromatic rings. The molecule has 0 aliphatic carbocycles. The second-order valence-electron chi connectivity index (χ2n) is 3.63. The number of halogens is 2. The number of pyridine rings is 1. The van der Waals surface area contributed by atoms with E-state index in [9.17, 15) is 4.79 Å². The van der Waals surface area contributed by atoms with Crippen LogP contribution in [0, 0.1) is 0 Å². The van der Waals surface area contributed by atoms with Crippen molar-refractivity contribution in [3.8, 4) is 0 Å². The van der Waals surface area contributed by atoms with E-state index < -0.39 is 0 Å². The number of para-hydroxylation sites is 1. The molecular formula is C12H10Br2N4O. The monoisotopic (exact) mass is 384 g/mol. The van der Waals surface area contributed by atoms with Crippen LogP contribution < -0.4 is 16.6 Å². The van der Waals surface area contributed by atoms with Gasteiger partial charge in [-0.2, -0.15) is 0 Å². The molecule has 0 saturated carbocycles. The highest BCUT2D eigenvalue weighted by molar-refractivity contribution is 9.11. The molecule has 0 saturated heterocycles. The number of nitrogens with zero attached hydrogens (tertiary/aromatic N) is 1. The first-order chi connectivity index (χ1) is 9.11. The van der Waals surface area contributed by atoms with E-state index in [2.05, 4.69) is 47.6 Å². The van der Waals surface area contributed by atoms with Crippen molar-refractivity contribution >= 4 is 49.3 Å². The molecule has 0 aliphatic heterocycles. The minimum atomic E-state index is -0.247. The maximum absolute atomic E-state index is 12.1. The molecular weight excluding hydrogens is 376 g/mol. The van der Waals surface area contributed by atoms with Crippen molar-refractivity contribution in [2.75, 3.05) is 10.7 Å². The molecule has 0 aliphatic rings. The lowest BCUT2D eigenvalue weighted by molar-refractivity contribution is 0.102. The molecule has 5 nitrogen and oxygen atoms in total. The fourth-order valence-corrected chi connectivity index (χ4v) is 2.61. The number of hydrazine groups is 1. The van der Waals surface area contributed by atoms with E-state index in [0.29, 0.717) is 17.1 Å². The van der Waals surface area contributed by atoms with Gasteiger partial charge in [-0.1, -0.05) is 6.07 Å². The van der Waals surface area contributed by atoms with E-state index >= 15 is 0 Å². The summed E-state index contributed by atoms with van der Waals surface area (Å²) in [6.45, 7) is 0.